The highest BCUT2D eigenvalue weighted by atomic mass is 16.6. The number of amides is 1. The molecular weight excluding hydrogens is 206 g/mol. The number of likely N-dealkylation sites (tertiary alicyclic amines) is 1. The van der Waals surface area contributed by atoms with E-state index in [0.717, 1.165) is 19.1 Å². The van der Waals surface area contributed by atoms with Crippen LogP contribution < -0.4 is 0 Å². The fraction of sp³-hybridized carbons (Fsp3) is 0.833. The minimum atomic E-state index is -0.484. The predicted octanol–water partition coefficient (Wildman–Crippen LogP) is 2.37. The molecule has 1 fully saturated rings. The van der Waals surface area contributed by atoms with Gasteiger partial charge in [0, 0.05) is 13.0 Å². The Morgan fingerprint density at radius 2 is 2.12 bits per heavy atom. The average molecular weight is 227 g/mol. The van der Waals surface area contributed by atoms with Crippen LogP contribution in [0, 0.1) is 0 Å². The minimum Gasteiger partial charge on any atom is -0.444 e. The van der Waals surface area contributed by atoms with Crippen LogP contribution >= 0.6 is 0 Å². The largest absolute Gasteiger partial charge is 0.444 e. The van der Waals surface area contributed by atoms with Gasteiger partial charge >= 0.3 is 6.09 Å². The maximum absolute atomic E-state index is 11.9. The zero-order chi connectivity index (χ0) is 12.4. The number of ether oxygens (including phenoxy) is 1. The Kier molecular flexibility index (Phi) is 3.61. The van der Waals surface area contributed by atoms with Crippen molar-refractivity contribution in [3.63, 3.8) is 0 Å². The van der Waals surface area contributed by atoms with Gasteiger partial charge in [0.15, 0.2) is 0 Å². The van der Waals surface area contributed by atoms with Crippen LogP contribution in [-0.4, -0.2) is 35.0 Å². The number of rotatable bonds is 2. The van der Waals surface area contributed by atoms with Gasteiger partial charge in [-0.05, 0) is 40.5 Å². The highest BCUT2D eigenvalue weighted by Gasteiger charge is 2.41. The van der Waals surface area contributed by atoms with E-state index in [0.29, 0.717) is 13.0 Å². The van der Waals surface area contributed by atoms with Gasteiger partial charge in [0.25, 0.3) is 0 Å². The first-order chi connectivity index (χ1) is 7.28. The Morgan fingerprint density at radius 3 is 2.62 bits per heavy atom. The second kappa shape index (κ2) is 4.44. The molecule has 92 valence electrons. The van der Waals surface area contributed by atoms with Crippen LogP contribution in [-0.2, 0) is 9.53 Å². The molecule has 0 spiro atoms. The summed E-state index contributed by atoms with van der Waals surface area (Å²) < 4.78 is 5.33. The highest BCUT2D eigenvalue weighted by Crippen LogP contribution is 2.32. The van der Waals surface area contributed by atoms with Crippen LogP contribution in [0.25, 0.3) is 0 Å². The summed E-state index contributed by atoms with van der Waals surface area (Å²) in [5.41, 5.74) is -0.841. The molecule has 0 aliphatic carbocycles. The van der Waals surface area contributed by atoms with Crippen molar-refractivity contribution in [1.29, 1.82) is 0 Å². The Labute approximate surface area is 96.9 Å². The fourth-order valence-electron chi connectivity index (χ4n) is 2.04. The molecule has 0 unspecified atom stereocenters. The van der Waals surface area contributed by atoms with Crippen molar-refractivity contribution in [2.45, 2.75) is 58.1 Å². The van der Waals surface area contributed by atoms with Gasteiger partial charge in [0.05, 0.1) is 5.54 Å². The number of carbonyl (C=O) groups excluding carboxylic acids is 2. The molecule has 1 aliphatic heterocycles. The molecule has 4 nitrogen and oxygen atoms in total. The first kappa shape index (κ1) is 13.0. The van der Waals surface area contributed by atoms with Gasteiger partial charge in [0.2, 0.25) is 0 Å². The zero-order valence-corrected chi connectivity index (χ0v) is 10.6. The van der Waals surface area contributed by atoms with Crippen LogP contribution in [0.3, 0.4) is 0 Å². The van der Waals surface area contributed by atoms with Gasteiger partial charge in [-0.3, -0.25) is 0 Å². The number of hydrogen-bond acceptors (Lipinski definition) is 3. The van der Waals surface area contributed by atoms with Crippen molar-refractivity contribution in [1.82, 2.24) is 4.90 Å². The number of nitrogens with zero attached hydrogens (tertiary/aromatic N) is 1. The van der Waals surface area contributed by atoms with E-state index >= 15 is 0 Å². The highest BCUT2D eigenvalue weighted by molar-refractivity contribution is 5.70. The summed E-state index contributed by atoms with van der Waals surface area (Å²) >= 11 is 0. The van der Waals surface area contributed by atoms with Crippen LogP contribution in [0.2, 0.25) is 0 Å². The molecule has 1 heterocycles. The molecule has 0 N–H and O–H groups in total. The SMILES string of the molecule is CC(C)(C)OC(=O)N1CCC[C@]1(C)CC=O. The summed E-state index contributed by atoms with van der Waals surface area (Å²) in [5, 5.41) is 0. The van der Waals surface area contributed by atoms with Crippen molar-refractivity contribution in [3.05, 3.63) is 0 Å². The first-order valence-electron chi connectivity index (χ1n) is 5.73. The Bertz CT molecular complexity index is 282. The maximum Gasteiger partial charge on any atom is 0.410 e. The zero-order valence-electron chi connectivity index (χ0n) is 10.6. The van der Waals surface area contributed by atoms with Gasteiger partial charge in [-0.1, -0.05) is 0 Å². The number of carbonyl (C=O) groups is 2. The smallest absolute Gasteiger partial charge is 0.410 e. The third-order valence-corrected chi connectivity index (χ3v) is 2.89. The summed E-state index contributed by atoms with van der Waals surface area (Å²) in [4.78, 5) is 24.3. The number of hydrogen-bond donors (Lipinski definition) is 0. The van der Waals surface area contributed by atoms with E-state index in [1.165, 1.54) is 0 Å². The minimum absolute atomic E-state index is 0.311. The van der Waals surface area contributed by atoms with Crippen LogP contribution in [0.15, 0.2) is 0 Å². The monoisotopic (exact) mass is 227 g/mol. The molecule has 1 amide bonds. The Hall–Kier alpha value is -1.06. The van der Waals surface area contributed by atoms with Crippen molar-refractivity contribution in [2.24, 2.45) is 0 Å². The van der Waals surface area contributed by atoms with E-state index < -0.39 is 5.60 Å². The molecule has 0 radical (unpaired) electrons. The lowest BCUT2D eigenvalue weighted by atomic mass is 9.96. The Balaban J connectivity index is 2.71. The van der Waals surface area contributed by atoms with Crippen molar-refractivity contribution >= 4 is 12.4 Å². The van der Waals surface area contributed by atoms with Crippen molar-refractivity contribution in [3.8, 4) is 0 Å². The molecule has 0 aromatic carbocycles. The van der Waals surface area contributed by atoms with E-state index in [1.54, 1.807) is 4.90 Å². The van der Waals surface area contributed by atoms with Crippen LogP contribution in [0.5, 0.6) is 0 Å². The molecule has 0 aromatic rings. The predicted molar refractivity (Wildman–Crippen MR) is 61.3 cm³/mol. The van der Waals surface area contributed by atoms with Gasteiger partial charge < -0.3 is 14.4 Å². The van der Waals surface area contributed by atoms with Gasteiger partial charge in [0.1, 0.15) is 11.9 Å². The quantitative estimate of drug-likeness (QED) is 0.680. The second-order valence-electron chi connectivity index (χ2n) is 5.60. The summed E-state index contributed by atoms with van der Waals surface area (Å²) in [5.74, 6) is 0. The molecular formula is C12H21NO3. The molecule has 1 rings (SSSR count). The molecule has 0 saturated carbocycles. The summed E-state index contributed by atoms with van der Waals surface area (Å²) in [7, 11) is 0. The lowest BCUT2D eigenvalue weighted by Gasteiger charge is -2.35. The maximum atomic E-state index is 11.9. The molecule has 0 aromatic heterocycles. The third kappa shape index (κ3) is 2.97. The lowest BCUT2D eigenvalue weighted by Crippen LogP contribution is -2.47. The standard InChI is InChI=1S/C12H21NO3/c1-11(2,3)16-10(15)13-8-5-6-12(13,4)7-9-14/h9H,5-8H2,1-4H3/t12-/m1/s1. The Morgan fingerprint density at radius 1 is 1.50 bits per heavy atom. The third-order valence-electron chi connectivity index (χ3n) is 2.89. The van der Waals surface area contributed by atoms with Gasteiger partial charge in [-0.2, -0.15) is 0 Å². The van der Waals surface area contributed by atoms with Crippen molar-refractivity contribution in [2.75, 3.05) is 6.54 Å². The molecule has 4 heteroatoms. The van der Waals surface area contributed by atoms with Crippen LogP contribution in [0.4, 0.5) is 4.79 Å². The van der Waals surface area contributed by atoms with E-state index in [9.17, 15) is 9.59 Å². The molecule has 0 bridgehead atoms. The first-order valence-corrected chi connectivity index (χ1v) is 5.73. The fourth-order valence-corrected chi connectivity index (χ4v) is 2.04. The summed E-state index contributed by atoms with van der Waals surface area (Å²) in [6.07, 6.45) is 2.75. The van der Waals surface area contributed by atoms with E-state index in [2.05, 4.69) is 0 Å². The topological polar surface area (TPSA) is 46.6 Å². The lowest BCUT2D eigenvalue weighted by molar-refractivity contribution is -0.109. The normalized spacial score (nSPS) is 25.6. The average Bonchev–Trinajstić information content (AvgIpc) is 2.44. The summed E-state index contributed by atoms with van der Waals surface area (Å²) in [6, 6.07) is 0. The molecule has 1 saturated heterocycles. The molecule has 1 aliphatic rings. The number of aldehydes is 1. The van der Waals surface area contributed by atoms with E-state index in [-0.39, 0.29) is 11.6 Å². The molecule has 16 heavy (non-hydrogen) atoms. The molecule has 1 atom stereocenters. The van der Waals surface area contributed by atoms with Gasteiger partial charge in [-0.15, -0.1) is 0 Å². The van der Waals surface area contributed by atoms with Crippen molar-refractivity contribution < 1.29 is 14.3 Å². The van der Waals surface area contributed by atoms with E-state index in [4.69, 9.17) is 4.74 Å². The van der Waals surface area contributed by atoms with E-state index in [1.807, 2.05) is 27.7 Å². The second-order valence-corrected chi connectivity index (χ2v) is 5.60. The van der Waals surface area contributed by atoms with Crippen LogP contribution in [0.1, 0.15) is 47.0 Å². The summed E-state index contributed by atoms with van der Waals surface area (Å²) in [6.45, 7) is 8.16. The van der Waals surface area contributed by atoms with Gasteiger partial charge in [-0.25, -0.2) is 4.79 Å².